The topological polar surface area (TPSA) is 4.36 Å². The van der Waals surface area contributed by atoms with Gasteiger partial charge in [-0.2, -0.15) is 0 Å². The van der Waals surface area contributed by atoms with Crippen LogP contribution in [0.15, 0.2) is 0 Å². The molecular weight excluding hydrogens is 298 g/mol. The zero-order valence-electron chi connectivity index (χ0n) is 11.6. The summed E-state index contributed by atoms with van der Waals surface area (Å²) in [5.74, 6) is 1.95. The van der Waals surface area contributed by atoms with Gasteiger partial charge >= 0.3 is 0 Å². The van der Waals surface area contributed by atoms with Crippen LogP contribution in [0, 0.1) is 40.1 Å². The molecule has 0 aromatic rings. The molecule has 4 spiro atoms. The highest BCUT2D eigenvalue weighted by Crippen LogP contribution is 2.93. The molecule has 2 heteroatoms. The molecule has 0 atom stereocenters. The van der Waals surface area contributed by atoms with Crippen molar-refractivity contribution in [2.45, 2.75) is 51.4 Å². The Labute approximate surface area is 124 Å². The van der Waals surface area contributed by atoms with Crippen LogP contribution in [0.1, 0.15) is 51.4 Å². The largest absolute Gasteiger partial charge is 0.317 e. The van der Waals surface area contributed by atoms with E-state index in [4.69, 9.17) is 6.57 Å². The highest BCUT2D eigenvalue weighted by molar-refractivity contribution is 9.09. The Kier molecular flexibility index (Phi) is 1.88. The Morgan fingerprint density at radius 3 is 1.37 bits per heavy atom. The van der Waals surface area contributed by atoms with E-state index in [0.29, 0.717) is 0 Å². The minimum atomic E-state index is 0.761. The second kappa shape index (κ2) is 3.08. The van der Waals surface area contributed by atoms with Crippen molar-refractivity contribution in [2.75, 3.05) is 11.9 Å². The second-order valence-corrected chi connectivity index (χ2v) is 8.87. The second-order valence-electron chi connectivity index (χ2n) is 8.22. The lowest BCUT2D eigenvalue weighted by molar-refractivity contribution is 0.716. The van der Waals surface area contributed by atoms with Gasteiger partial charge in [0.15, 0.2) is 0 Å². The molecule has 19 heavy (non-hydrogen) atoms. The lowest BCUT2D eigenvalue weighted by Crippen LogP contribution is -1.83. The van der Waals surface area contributed by atoms with Crippen molar-refractivity contribution < 1.29 is 0 Å². The van der Waals surface area contributed by atoms with Crippen LogP contribution in [0.5, 0.6) is 0 Å². The Morgan fingerprint density at radius 2 is 1.16 bits per heavy atom. The standard InChI is InChI=1S/C9H11N.C8H11Br/c1-10-6-7-8(2-3-8)9(7)4-5-9;9-5-6-7(1-2-7)8(6)3-4-8/h7H,2-6H2;6H,1-5H2. The third-order valence-electron chi connectivity index (χ3n) is 8.07. The fourth-order valence-electron chi connectivity index (χ4n) is 6.34. The van der Waals surface area contributed by atoms with E-state index in [0.717, 1.165) is 40.0 Å². The van der Waals surface area contributed by atoms with E-state index in [-0.39, 0.29) is 0 Å². The van der Waals surface area contributed by atoms with E-state index in [1.165, 1.54) is 31.0 Å². The molecule has 6 aliphatic carbocycles. The van der Waals surface area contributed by atoms with Gasteiger partial charge in [-0.3, -0.25) is 0 Å². The number of hydrogen-bond acceptors (Lipinski definition) is 0. The molecule has 0 saturated heterocycles. The maximum atomic E-state index is 6.81. The van der Waals surface area contributed by atoms with Gasteiger partial charge < -0.3 is 4.85 Å². The summed E-state index contributed by atoms with van der Waals surface area (Å²) in [7, 11) is 0. The first-order valence-electron chi connectivity index (χ1n) is 8.11. The summed E-state index contributed by atoms with van der Waals surface area (Å²) in [6.45, 7) is 7.64. The fraction of sp³-hybridized carbons (Fsp3) is 0.941. The predicted molar refractivity (Wildman–Crippen MR) is 78.9 cm³/mol. The summed E-state index contributed by atoms with van der Waals surface area (Å²) in [6, 6.07) is 0. The average molecular weight is 320 g/mol. The van der Waals surface area contributed by atoms with Crippen LogP contribution in [-0.4, -0.2) is 11.9 Å². The Hall–Kier alpha value is -0.0300. The quantitative estimate of drug-likeness (QED) is 0.514. The van der Waals surface area contributed by atoms with Gasteiger partial charge in [0.05, 0.1) is 0 Å². The van der Waals surface area contributed by atoms with Crippen LogP contribution < -0.4 is 0 Å². The molecule has 6 aliphatic rings. The van der Waals surface area contributed by atoms with Crippen LogP contribution in [-0.2, 0) is 0 Å². The van der Waals surface area contributed by atoms with E-state index < -0.39 is 0 Å². The van der Waals surface area contributed by atoms with Gasteiger partial charge in [-0.25, -0.2) is 6.57 Å². The van der Waals surface area contributed by atoms with Crippen molar-refractivity contribution in [3.05, 3.63) is 11.4 Å². The number of nitrogens with zero attached hydrogens (tertiary/aromatic N) is 1. The smallest absolute Gasteiger partial charge is 0.218 e. The Bertz CT molecular complexity index is 450. The van der Waals surface area contributed by atoms with Crippen molar-refractivity contribution in [2.24, 2.45) is 33.5 Å². The Balaban J connectivity index is 0.0000000933. The molecule has 0 amide bonds. The first-order valence-corrected chi connectivity index (χ1v) is 9.23. The van der Waals surface area contributed by atoms with E-state index >= 15 is 0 Å². The van der Waals surface area contributed by atoms with Gasteiger partial charge in [-0.1, -0.05) is 15.9 Å². The van der Waals surface area contributed by atoms with Crippen LogP contribution in [0.3, 0.4) is 0 Å². The Morgan fingerprint density at radius 1 is 0.789 bits per heavy atom. The highest BCUT2D eigenvalue weighted by Gasteiger charge is 2.87. The third-order valence-corrected chi connectivity index (χ3v) is 8.71. The zero-order chi connectivity index (χ0) is 12.9. The van der Waals surface area contributed by atoms with Gasteiger partial charge in [0.1, 0.15) is 0 Å². The van der Waals surface area contributed by atoms with Crippen LogP contribution in [0.4, 0.5) is 0 Å². The summed E-state index contributed by atoms with van der Waals surface area (Å²) in [5.41, 5.74) is 3.38. The molecule has 0 unspecified atom stereocenters. The van der Waals surface area contributed by atoms with E-state index in [9.17, 15) is 0 Å². The summed E-state index contributed by atoms with van der Waals surface area (Å²) in [5, 5.41) is 1.28. The molecule has 0 bridgehead atoms. The van der Waals surface area contributed by atoms with Gasteiger partial charge in [0.2, 0.25) is 6.54 Å². The van der Waals surface area contributed by atoms with Crippen molar-refractivity contribution >= 4 is 15.9 Å². The lowest BCUT2D eigenvalue weighted by Gasteiger charge is -1.80. The molecule has 102 valence electrons. The molecule has 0 aromatic heterocycles. The molecule has 0 radical (unpaired) electrons. The highest BCUT2D eigenvalue weighted by atomic mass is 79.9. The molecule has 6 rings (SSSR count). The summed E-state index contributed by atoms with van der Waals surface area (Å²) < 4.78 is 0. The SMILES string of the molecule is BrCC1C2(CC2)C12CC2.[C-]#[N+]CC1C2(CC2)C12CC2. The maximum absolute atomic E-state index is 6.81. The van der Waals surface area contributed by atoms with Crippen LogP contribution >= 0.6 is 15.9 Å². The molecule has 0 N–H and O–H groups in total. The first kappa shape index (κ1) is 11.6. The number of hydrogen-bond donors (Lipinski definition) is 0. The van der Waals surface area contributed by atoms with Crippen LogP contribution in [0.2, 0.25) is 0 Å². The molecule has 0 heterocycles. The summed E-state index contributed by atoms with van der Waals surface area (Å²) >= 11 is 3.61. The fourth-order valence-corrected chi connectivity index (χ4v) is 7.58. The van der Waals surface area contributed by atoms with Crippen molar-refractivity contribution in [1.29, 1.82) is 0 Å². The predicted octanol–water partition coefficient (Wildman–Crippen LogP) is 4.67. The first-order chi connectivity index (χ1) is 9.21. The normalized spacial score (nSPS) is 43.4. The minimum Gasteiger partial charge on any atom is -0.317 e. The monoisotopic (exact) mass is 319 g/mol. The zero-order valence-corrected chi connectivity index (χ0v) is 13.1. The average Bonchev–Trinajstić information content (AvgIpc) is 3.26. The number of rotatable bonds is 2. The van der Waals surface area contributed by atoms with Gasteiger partial charge in [-0.15, -0.1) is 0 Å². The molecule has 0 aromatic carbocycles. The molecular formula is C17H22BrN. The maximum Gasteiger partial charge on any atom is 0.218 e. The van der Waals surface area contributed by atoms with Crippen LogP contribution in [0.25, 0.3) is 4.85 Å². The molecule has 6 saturated carbocycles. The summed E-state index contributed by atoms with van der Waals surface area (Å²) in [6.07, 6.45) is 12.0. The van der Waals surface area contributed by atoms with Crippen molar-refractivity contribution in [3.63, 3.8) is 0 Å². The van der Waals surface area contributed by atoms with Crippen molar-refractivity contribution in [3.8, 4) is 0 Å². The molecule has 6 fully saturated rings. The number of fused-ring (bicyclic) bond motifs is 2. The van der Waals surface area contributed by atoms with Crippen molar-refractivity contribution in [1.82, 2.24) is 0 Å². The minimum absolute atomic E-state index is 0.761. The lowest BCUT2D eigenvalue weighted by atomic mass is 10.3. The number of halogens is 1. The third kappa shape index (κ3) is 1.16. The van der Waals surface area contributed by atoms with E-state index in [2.05, 4.69) is 20.8 Å². The molecule has 1 nitrogen and oxygen atoms in total. The van der Waals surface area contributed by atoms with E-state index in [1.54, 1.807) is 25.7 Å². The van der Waals surface area contributed by atoms with E-state index in [1.807, 2.05) is 0 Å². The van der Waals surface area contributed by atoms with Gasteiger partial charge in [0, 0.05) is 11.2 Å². The molecule has 0 aliphatic heterocycles. The number of alkyl halides is 1. The summed E-state index contributed by atoms with van der Waals surface area (Å²) in [4.78, 5) is 3.52. The van der Waals surface area contributed by atoms with Gasteiger partial charge in [-0.05, 0) is 78.9 Å². The van der Waals surface area contributed by atoms with Gasteiger partial charge in [0.25, 0.3) is 0 Å².